The minimum Gasteiger partial charge on any atom is -0.297 e. The molecule has 1 aromatic heterocycles. The summed E-state index contributed by atoms with van der Waals surface area (Å²) in [5.74, 6) is 0. The van der Waals surface area contributed by atoms with E-state index >= 15 is 0 Å². The molecule has 0 aliphatic carbocycles. The van der Waals surface area contributed by atoms with Gasteiger partial charge in [0.05, 0.1) is 4.88 Å². The number of aldehydes is 1. The van der Waals surface area contributed by atoms with E-state index in [0.717, 1.165) is 26.1 Å². The first-order chi connectivity index (χ1) is 6.76. The normalized spacial score (nSPS) is 10.7. The average molecular weight is 243 g/mol. The molecule has 0 radical (unpaired) electrons. The van der Waals surface area contributed by atoms with Crippen LogP contribution in [0, 0.1) is 0 Å². The van der Waals surface area contributed by atoms with Crippen LogP contribution in [0.1, 0.15) is 9.67 Å². The molecule has 14 heavy (non-hydrogen) atoms. The summed E-state index contributed by atoms with van der Waals surface area (Å²) in [4.78, 5) is 12.6. The summed E-state index contributed by atoms with van der Waals surface area (Å²) in [6.07, 6.45) is 2.87. The molecule has 0 spiro atoms. The van der Waals surface area contributed by atoms with Crippen LogP contribution in [0.5, 0.6) is 0 Å². The van der Waals surface area contributed by atoms with Gasteiger partial charge in [-0.2, -0.15) is 0 Å². The Morgan fingerprint density at radius 2 is 2.29 bits per heavy atom. The maximum Gasteiger partial charge on any atom is 0.161 e. The molecule has 0 bridgehead atoms. The van der Waals surface area contributed by atoms with Crippen molar-refractivity contribution in [3.05, 3.63) is 28.1 Å². The Morgan fingerprint density at radius 3 is 2.93 bits per heavy atom. The molecule has 4 heteroatoms. The van der Waals surface area contributed by atoms with Crippen molar-refractivity contribution in [2.45, 2.75) is 4.90 Å². The monoisotopic (exact) mass is 242 g/mol. The quantitative estimate of drug-likeness (QED) is 0.583. The van der Waals surface area contributed by atoms with E-state index in [0.29, 0.717) is 5.02 Å². The van der Waals surface area contributed by atoms with E-state index in [1.54, 1.807) is 11.8 Å². The van der Waals surface area contributed by atoms with Crippen molar-refractivity contribution >= 4 is 51.1 Å². The zero-order valence-electron chi connectivity index (χ0n) is 7.41. The lowest BCUT2D eigenvalue weighted by Crippen LogP contribution is -1.74. The van der Waals surface area contributed by atoms with Crippen molar-refractivity contribution in [3.8, 4) is 0 Å². The Balaban J connectivity index is 2.81. The van der Waals surface area contributed by atoms with Gasteiger partial charge in [0.2, 0.25) is 0 Å². The van der Waals surface area contributed by atoms with Crippen molar-refractivity contribution in [3.63, 3.8) is 0 Å². The molecule has 1 heterocycles. The van der Waals surface area contributed by atoms with E-state index in [4.69, 9.17) is 11.6 Å². The maximum absolute atomic E-state index is 10.8. The third-order valence-corrected chi connectivity index (χ3v) is 4.25. The van der Waals surface area contributed by atoms with Gasteiger partial charge in [0.25, 0.3) is 0 Å². The van der Waals surface area contributed by atoms with Crippen molar-refractivity contribution in [1.29, 1.82) is 0 Å². The van der Waals surface area contributed by atoms with Gasteiger partial charge >= 0.3 is 0 Å². The summed E-state index contributed by atoms with van der Waals surface area (Å²) in [5.41, 5.74) is 0. The van der Waals surface area contributed by atoms with Crippen LogP contribution in [0.25, 0.3) is 10.1 Å². The molecule has 0 saturated heterocycles. The predicted octanol–water partition coefficient (Wildman–Crippen LogP) is 4.09. The highest BCUT2D eigenvalue weighted by Gasteiger charge is 2.10. The molecule has 0 fully saturated rings. The Morgan fingerprint density at radius 1 is 1.50 bits per heavy atom. The molecule has 1 nitrogen and oxygen atoms in total. The average Bonchev–Trinajstić information content (AvgIpc) is 2.54. The summed E-state index contributed by atoms with van der Waals surface area (Å²) in [5, 5.41) is 1.79. The number of thioether (sulfide) groups is 1. The summed E-state index contributed by atoms with van der Waals surface area (Å²) >= 11 is 9.00. The molecule has 0 aliphatic rings. The van der Waals surface area contributed by atoms with E-state index in [1.165, 1.54) is 11.3 Å². The van der Waals surface area contributed by atoms with E-state index in [1.807, 2.05) is 24.5 Å². The molecular formula is C10H7ClOS2. The number of hydrogen-bond acceptors (Lipinski definition) is 3. The predicted molar refractivity (Wildman–Crippen MR) is 64.0 cm³/mol. The number of halogens is 1. The third-order valence-electron chi connectivity index (χ3n) is 1.94. The molecule has 0 atom stereocenters. The van der Waals surface area contributed by atoms with E-state index < -0.39 is 0 Å². The topological polar surface area (TPSA) is 17.1 Å². The van der Waals surface area contributed by atoms with Crippen molar-refractivity contribution in [2.75, 3.05) is 6.26 Å². The Bertz CT molecular complexity index is 490. The van der Waals surface area contributed by atoms with Crippen LogP contribution in [0.15, 0.2) is 23.1 Å². The van der Waals surface area contributed by atoms with Gasteiger partial charge in [0.15, 0.2) is 6.29 Å². The fourth-order valence-electron chi connectivity index (χ4n) is 1.35. The number of hydrogen-bond donors (Lipinski definition) is 0. The highest BCUT2D eigenvalue weighted by molar-refractivity contribution is 7.99. The fourth-order valence-corrected chi connectivity index (χ4v) is 3.50. The Kier molecular flexibility index (Phi) is 2.81. The smallest absolute Gasteiger partial charge is 0.161 e. The first-order valence-electron chi connectivity index (χ1n) is 3.97. The number of benzene rings is 1. The lowest BCUT2D eigenvalue weighted by molar-refractivity contribution is 0.112. The minimum atomic E-state index is 0.711. The second-order valence-corrected chi connectivity index (χ2v) is 5.09. The van der Waals surface area contributed by atoms with Crippen LogP contribution >= 0.6 is 34.7 Å². The zero-order chi connectivity index (χ0) is 10.1. The summed E-state index contributed by atoms with van der Waals surface area (Å²) in [6, 6.07) is 5.71. The lowest BCUT2D eigenvalue weighted by Gasteiger charge is -1.95. The molecule has 2 rings (SSSR count). The highest BCUT2D eigenvalue weighted by Crippen LogP contribution is 2.37. The van der Waals surface area contributed by atoms with Crippen molar-refractivity contribution in [2.24, 2.45) is 0 Å². The van der Waals surface area contributed by atoms with Crippen LogP contribution in [0.3, 0.4) is 0 Å². The van der Waals surface area contributed by atoms with Crippen molar-refractivity contribution < 1.29 is 4.79 Å². The van der Waals surface area contributed by atoms with E-state index in [-0.39, 0.29) is 0 Å². The van der Waals surface area contributed by atoms with Crippen LogP contribution in [0.2, 0.25) is 5.02 Å². The van der Waals surface area contributed by atoms with Gasteiger partial charge in [-0.1, -0.05) is 11.6 Å². The van der Waals surface area contributed by atoms with Gasteiger partial charge in [-0.3, -0.25) is 4.79 Å². The number of rotatable bonds is 2. The number of carbonyl (C=O) groups is 1. The highest BCUT2D eigenvalue weighted by atomic mass is 35.5. The summed E-state index contributed by atoms with van der Waals surface area (Å²) < 4.78 is 1.11. The number of fused-ring (bicyclic) bond motifs is 1. The zero-order valence-corrected chi connectivity index (χ0v) is 9.80. The van der Waals surface area contributed by atoms with E-state index in [2.05, 4.69) is 0 Å². The molecule has 0 saturated carbocycles. The molecule has 0 unspecified atom stereocenters. The van der Waals surface area contributed by atoms with Gasteiger partial charge in [-0.25, -0.2) is 0 Å². The Hall–Kier alpha value is -0.510. The molecule has 0 aliphatic heterocycles. The largest absolute Gasteiger partial charge is 0.297 e. The second-order valence-electron chi connectivity index (χ2n) is 2.76. The molecular weight excluding hydrogens is 236 g/mol. The van der Waals surface area contributed by atoms with Gasteiger partial charge in [-0.15, -0.1) is 23.1 Å². The Labute approximate surface area is 95.1 Å². The number of carbonyl (C=O) groups excluding carboxylic acids is 1. The fraction of sp³-hybridized carbons (Fsp3) is 0.100. The van der Waals surface area contributed by atoms with Gasteiger partial charge in [0, 0.05) is 20.0 Å². The van der Waals surface area contributed by atoms with Crippen LogP contribution in [0.4, 0.5) is 0 Å². The van der Waals surface area contributed by atoms with Crippen LogP contribution in [-0.4, -0.2) is 12.5 Å². The molecule has 72 valence electrons. The molecule has 0 amide bonds. The summed E-state index contributed by atoms with van der Waals surface area (Å²) in [6.45, 7) is 0. The molecule has 0 N–H and O–H groups in total. The third kappa shape index (κ3) is 1.56. The minimum absolute atomic E-state index is 0.711. The molecule has 1 aromatic carbocycles. The van der Waals surface area contributed by atoms with Gasteiger partial charge < -0.3 is 0 Å². The van der Waals surface area contributed by atoms with Crippen molar-refractivity contribution in [1.82, 2.24) is 0 Å². The maximum atomic E-state index is 10.8. The summed E-state index contributed by atoms with van der Waals surface area (Å²) in [7, 11) is 0. The van der Waals surface area contributed by atoms with Gasteiger partial charge in [0.1, 0.15) is 0 Å². The first-order valence-corrected chi connectivity index (χ1v) is 6.39. The SMILES string of the molecule is CSc1c(C=O)sc2ccc(Cl)cc12. The standard InChI is InChI=1S/C10H7ClOS2/c1-13-10-7-4-6(11)2-3-8(7)14-9(10)5-12/h2-5H,1H3. The van der Waals surface area contributed by atoms with Crippen LogP contribution in [-0.2, 0) is 0 Å². The van der Waals surface area contributed by atoms with Gasteiger partial charge in [-0.05, 0) is 24.5 Å². The molecule has 2 aromatic rings. The lowest BCUT2D eigenvalue weighted by atomic mass is 10.2. The van der Waals surface area contributed by atoms with Crippen LogP contribution < -0.4 is 0 Å². The van der Waals surface area contributed by atoms with E-state index in [9.17, 15) is 4.79 Å². The number of thiophene rings is 1. The second kappa shape index (κ2) is 3.93. The first kappa shape index (κ1) is 10.0.